The minimum Gasteiger partial charge on any atom is -0.396 e. The van der Waals surface area contributed by atoms with E-state index in [2.05, 4.69) is 6.07 Å². The van der Waals surface area contributed by atoms with Crippen LogP contribution in [0.15, 0.2) is 17.5 Å². The van der Waals surface area contributed by atoms with Crippen LogP contribution in [0.1, 0.15) is 11.3 Å². The van der Waals surface area contributed by atoms with Crippen LogP contribution in [0.3, 0.4) is 0 Å². The average molecular weight is 179 g/mol. The van der Waals surface area contributed by atoms with Crippen LogP contribution >= 0.6 is 11.3 Å². The normalized spacial score (nSPS) is 32.8. The molecule has 2 atom stereocenters. The Bertz CT molecular complexity index is 314. The van der Waals surface area contributed by atoms with E-state index in [1.165, 1.54) is 0 Å². The fourth-order valence-corrected chi connectivity index (χ4v) is 2.54. The van der Waals surface area contributed by atoms with Gasteiger partial charge >= 0.3 is 0 Å². The standard InChI is InChI=1S/C9H9NOS/c10-6-9(4-7(9)5-11)8-2-1-3-12-8/h1-3,7,11H,4-5H2/t7-,9+/m0/s1. The smallest absolute Gasteiger partial charge is 0.0969 e. The first-order valence-corrected chi connectivity index (χ1v) is 4.77. The highest BCUT2D eigenvalue weighted by Crippen LogP contribution is 2.54. The molecular formula is C9H9NOS. The molecule has 1 fully saturated rings. The molecule has 0 unspecified atom stereocenters. The van der Waals surface area contributed by atoms with Crippen LogP contribution in [0.2, 0.25) is 0 Å². The summed E-state index contributed by atoms with van der Waals surface area (Å²) >= 11 is 1.60. The maximum absolute atomic E-state index is 8.98. The van der Waals surface area contributed by atoms with Crippen LogP contribution in [-0.2, 0) is 5.41 Å². The Kier molecular flexibility index (Phi) is 1.67. The molecule has 0 radical (unpaired) electrons. The first-order valence-electron chi connectivity index (χ1n) is 3.89. The monoisotopic (exact) mass is 179 g/mol. The summed E-state index contributed by atoms with van der Waals surface area (Å²) in [4.78, 5) is 1.10. The Labute approximate surface area is 75.1 Å². The molecule has 0 amide bonds. The molecule has 0 bridgehead atoms. The van der Waals surface area contributed by atoms with Crippen molar-refractivity contribution in [3.63, 3.8) is 0 Å². The van der Waals surface area contributed by atoms with E-state index in [1.54, 1.807) is 11.3 Å². The quantitative estimate of drug-likeness (QED) is 0.748. The van der Waals surface area contributed by atoms with Gasteiger partial charge in [-0.1, -0.05) is 6.07 Å². The number of rotatable bonds is 2. The highest BCUT2D eigenvalue weighted by molar-refractivity contribution is 7.10. The summed E-state index contributed by atoms with van der Waals surface area (Å²) < 4.78 is 0. The third-order valence-corrected chi connectivity index (χ3v) is 3.53. The number of nitriles is 1. The number of hydrogen-bond donors (Lipinski definition) is 1. The predicted octanol–water partition coefficient (Wildman–Crippen LogP) is 1.52. The van der Waals surface area contributed by atoms with E-state index >= 15 is 0 Å². The highest BCUT2D eigenvalue weighted by atomic mass is 32.1. The fraction of sp³-hybridized carbons (Fsp3) is 0.444. The van der Waals surface area contributed by atoms with Crippen molar-refractivity contribution in [1.82, 2.24) is 0 Å². The Morgan fingerprint density at radius 1 is 1.83 bits per heavy atom. The number of nitrogens with zero attached hydrogens (tertiary/aromatic N) is 1. The molecule has 62 valence electrons. The van der Waals surface area contributed by atoms with E-state index in [0.717, 1.165) is 11.3 Å². The zero-order chi connectivity index (χ0) is 8.60. The molecule has 1 aromatic rings. The second-order valence-electron chi connectivity index (χ2n) is 3.14. The van der Waals surface area contributed by atoms with Crippen LogP contribution in [0.4, 0.5) is 0 Å². The van der Waals surface area contributed by atoms with Crippen molar-refractivity contribution >= 4 is 11.3 Å². The van der Waals surface area contributed by atoms with Crippen molar-refractivity contribution in [2.45, 2.75) is 11.8 Å². The Balaban J connectivity index is 2.29. The van der Waals surface area contributed by atoms with Gasteiger partial charge in [-0.3, -0.25) is 0 Å². The first kappa shape index (κ1) is 7.78. The van der Waals surface area contributed by atoms with Gasteiger partial charge in [0.25, 0.3) is 0 Å². The minimum atomic E-state index is -0.344. The Hall–Kier alpha value is -0.850. The zero-order valence-corrected chi connectivity index (χ0v) is 7.34. The molecule has 1 heterocycles. The minimum absolute atomic E-state index is 0.130. The van der Waals surface area contributed by atoms with Crippen molar-refractivity contribution in [2.75, 3.05) is 6.61 Å². The van der Waals surface area contributed by atoms with Gasteiger partial charge < -0.3 is 5.11 Å². The third kappa shape index (κ3) is 0.889. The topological polar surface area (TPSA) is 44.0 Å². The average Bonchev–Trinajstić information content (AvgIpc) is 2.57. The van der Waals surface area contributed by atoms with Gasteiger partial charge in [-0.25, -0.2) is 0 Å². The molecule has 2 rings (SSSR count). The zero-order valence-electron chi connectivity index (χ0n) is 6.53. The number of aliphatic hydroxyl groups excluding tert-OH is 1. The van der Waals surface area contributed by atoms with E-state index in [0.29, 0.717) is 0 Å². The van der Waals surface area contributed by atoms with Crippen LogP contribution in [0.5, 0.6) is 0 Å². The maximum atomic E-state index is 8.98. The van der Waals surface area contributed by atoms with Gasteiger partial charge in [0.05, 0.1) is 11.5 Å². The molecule has 0 spiro atoms. The van der Waals surface area contributed by atoms with E-state index in [-0.39, 0.29) is 17.9 Å². The first-order chi connectivity index (χ1) is 5.83. The molecular weight excluding hydrogens is 170 g/mol. The van der Waals surface area contributed by atoms with Crippen LogP contribution in [0, 0.1) is 17.2 Å². The van der Waals surface area contributed by atoms with Gasteiger partial charge in [0.2, 0.25) is 0 Å². The molecule has 0 aromatic carbocycles. The summed E-state index contributed by atoms with van der Waals surface area (Å²) in [6.07, 6.45) is 0.820. The molecule has 3 heteroatoms. The van der Waals surface area contributed by atoms with Crippen molar-refractivity contribution in [1.29, 1.82) is 5.26 Å². The van der Waals surface area contributed by atoms with Crippen LogP contribution in [0.25, 0.3) is 0 Å². The van der Waals surface area contributed by atoms with Gasteiger partial charge in [0.1, 0.15) is 0 Å². The fourth-order valence-electron chi connectivity index (χ4n) is 1.58. The summed E-state index contributed by atoms with van der Waals surface area (Å²) in [7, 11) is 0. The highest BCUT2D eigenvalue weighted by Gasteiger charge is 2.56. The van der Waals surface area contributed by atoms with E-state index in [9.17, 15) is 0 Å². The van der Waals surface area contributed by atoms with Crippen molar-refractivity contribution in [3.8, 4) is 6.07 Å². The molecule has 0 saturated heterocycles. The number of aliphatic hydroxyl groups is 1. The Morgan fingerprint density at radius 3 is 3.08 bits per heavy atom. The molecule has 1 aliphatic rings. The number of thiophene rings is 1. The second kappa shape index (κ2) is 2.58. The van der Waals surface area contributed by atoms with Gasteiger partial charge in [0, 0.05) is 17.4 Å². The molecule has 0 aliphatic heterocycles. The lowest BCUT2D eigenvalue weighted by Gasteiger charge is -2.02. The second-order valence-corrected chi connectivity index (χ2v) is 4.09. The summed E-state index contributed by atoms with van der Waals surface area (Å²) in [6.45, 7) is 0.130. The third-order valence-electron chi connectivity index (χ3n) is 2.49. The molecule has 1 N–H and O–H groups in total. The van der Waals surface area contributed by atoms with Gasteiger partial charge in [-0.05, 0) is 17.9 Å². The number of hydrogen-bond acceptors (Lipinski definition) is 3. The summed E-state index contributed by atoms with van der Waals surface area (Å²) in [5.74, 6) is 0.168. The molecule has 12 heavy (non-hydrogen) atoms. The van der Waals surface area contributed by atoms with Crippen LogP contribution < -0.4 is 0 Å². The molecule has 2 nitrogen and oxygen atoms in total. The largest absolute Gasteiger partial charge is 0.396 e. The lowest BCUT2D eigenvalue weighted by atomic mass is 10.0. The van der Waals surface area contributed by atoms with Crippen molar-refractivity contribution < 1.29 is 5.11 Å². The van der Waals surface area contributed by atoms with Crippen molar-refractivity contribution in [2.24, 2.45) is 5.92 Å². The van der Waals surface area contributed by atoms with E-state index < -0.39 is 0 Å². The summed E-state index contributed by atoms with van der Waals surface area (Å²) in [6, 6.07) is 6.23. The summed E-state index contributed by atoms with van der Waals surface area (Å²) in [5, 5.41) is 19.9. The van der Waals surface area contributed by atoms with Crippen LogP contribution in [-0.4, -0.2) is 11.7 Å². The molecule has 1 aromatic heterocycles. The van der Waals surface area contributed by atoms with Gasteiger partial charge in [-0.2, -0.15) is 5.26 Å². The van der Waals surface area contributed by atoms with Crippen molar-refractivity contribution in [3.05, 3.63) is 22.4 Å². The Morgan fingerprint density at radius 2 is 2.67 bits per heavy atom. The SMILES string of the molecule is N#C[C@]1(c2cccs2)C[C@H]1CO. The lowest BCUT2D eigenvalue weighted by molar-refractivity contribution is 0.269. The summed E-state index contributed by atoms with van der Waals surface area (Å²) in [5.41, 5.74) is -0.344. The molecule has 1 aliphatic carbocycles. The molecule has 1 saturated carbocycles. The predicted molar refractivity (Wildman–Crippen MR) is 46.8 cm³/mol. The maximum Gasteiger partial charge on any atom is 0.0969 e. The lowest BCUT2D eigenvalue weighted by Crippen LogP contribution is -2.06. The van der Waals surface area contributed by atoms with E-state index in [4.69, 9.17) is 10.4 Å². The van der Waals surface area contributed by atoms with Gasteiger partial charge in [0.15, 0.2) is 0 Å². The van der Waals surface area contributed by atoms with Gasteiger partial charge in [-0.15, -0.1) is 11.3 Å². The van der Waals surface area contributed by atoms with E-state index in [1.807, 2.05) is 17.5 Å².